The van der Waals surface area contributed by atoms with Gasteiger partial charge in [-0.2, -0.15) is 18.2 Å². The molecule has 0 saturated carbocycles. The largest absolute Gasteiger partial charge is 0.471 e. The summed E-state index contributed by atoms with van der Waals surface area (Å²) in [4.78, 5) is 15.0. The second-order valence-corrected chi connectivity index (χ2v) is 4.75. The first-order chi connectivity index (χ1) is 10.3. The molecule has 1 aromatic carbocycles. The maximum absolute atomic E-state index is 12.5. The van der Waals surface area contributed by atoms with Gasteiger partial charge in [0, 0.05) is 17.7 Å². The lowest BCUT2D eigenvalue weighted by molar-refractivity contribution is -0.159. The van der Waals surface area contributed by atoms with Gasteiger partial charge in [0.15, 0.2) is 0 Å². The molecule has 0 saturated heterocycles. The third kappa shape index (κ3) is 3.63. The van der Waals surface area contributed by atoms with Crippen molar-refractivity contribution < 1.29 is 22.5 Å². The van der Waals surface area contributed by atoms with Crippen LogP contribution in [0.25, 0.3) is 11.4 Å². The lowest BCUT2D eigenvalue weighted by Crippen LogP contribution is -2.11. The third-order valence-electron chi connectivity index (χ3n) is 2.92. The van der Waals surface area contributed by atoms with Crippen LogP contribution in [0.5, 0.6) is 0 Å². The predicted molar refractivity (Wildman–Crippen MR) is 73.0 cm³/mol. The van der Waals surface area contributed by atoms with E-state index in [0.29, 0.717) is 24.1 Å². The molecule has 1 amide bonds. The zero-order valence-electron chi connectivity index (χ0n) is 12.0. The molecule has 2 rings (SSSR count). The smallest absolute Gasteiger partial charge is 0.329 e. The molecule has 2 aromatic rings. The van der Waals surface area contributed by atoms with Crippen molar-refractivity contribution in [3.05, 3.63) is 29.7 Å². The number of hydrogen-bond acceptors (Lipinski definition) is 4. The zero-order chi connectivity index (χ0) is 16.3. The Morgan fingerprint density at radius 3 is 2.68 bits per heavy atom. The molecule has 8 heteroatoms. The van der Waals surface area contributed by atoms with Crippen LogP contribution in [0.2, 0.25) is 0 Å². The minimum atomic E-state index is -4.69. The summed E-state index contributed by atoms with van der Waals surface area (Å²) < 4.78 is 41.6. The molecule has 0 aliphatic carbocycles. The van der Waals surface area contributed by atoms with E-state index >= 15 is 0 Å². The van der Waals surface area contributed by atoms with E-state index in [2.05, 4.69) is 20.0 Å². The molecule has 0 fully saturated rings. The molecule has 1 heterocycles. The summed E-state index contributed by atoms with van der Waals surface area (Å²) in [7, 11) is 0. The van der Waals surface area contributed by atoms with Crippen LogP contribution in [0.1, 0.15) is 31.2 Å². The quantitative estimate of drug-likeness (QED) is 0.932. The Bertz CT molecular complexity index is 680. The number of nitrogens with zero attached hydrogens (tertiary/aromatic N) is 2. The second-order valence-electron chi connectivity index (χ2n) is 4.75. The Kier molecular flexibility index (Phi) is 4.48. The fraction of sp³-hybridized carbons (Fsp3) is 0.357. The van der Waals surface area contributed by atoms with Gasteiger partial charge in [-0.25, -0.2) is 0 Å². The first-order valence-corrected chi connectivity index (χ1v) is 6.63. The molecule has 0 spiro atoms. The molecule has 1 N–H and O–H groups in total. The van der Waals surface area contributed by atoms with E-state index in [-0.39, 0.29) is 11.7 Å². The fourth-order valence-electron chi connectivity index (χ4n) is 1.79. The molecule has 1 aromatic heterocycles. The van der Waals surface area contributed by atoms with E-state index in [1.807, 2.05) is 6.92 Å². The Hall–Kier alpha value is -2.38. The van der Waals surface area contributed by atoms with Gasteiger partial charge in [-0.1, -0.05) is 24.2 Å². The zero-order valence-corrected chi connectivity index (χ0v) is 12.0. The van der Waals surface area contributed by atoms with Crippen LogP contribution in [0.3, 0.4) is 0 Å². The molecule has 0 bridgehead atoms. The Morgan fingerprint density at radius 1 is 1.36 bits per heavy atom. The van der Waals surface area contributed by atoms with Crippen LogP contribution >= 0.6 is 0 Å². The average molecular weight is 313 g/mol. The molecular formula is C14H14F3N3O2. The number of hydrogen-bond donors (Lipinski definition) is 1. The highest BCUT2D eigenvalue weighted by atomic mass is 19.4. The normalized spacial score (nSPS) is 11.5. The molecule has 22 heavy (non-hydrogen) atoms. The van der Waals surface area contributed by atoms with Gasteiger partial charge in [0.25, 0.3) is 0 Å². The van der Waals surface area contributed by atoms with Gasteiger partial charge in [0.2, 0.25) is 11.7 Å². The molecule has 0 aliphatic rings. The molecule has 0 radical (unpaired) electrons. The van der Waals surface area contributed by atoms with Gasteiger partial charge >= 0.3 is 12.1 Å². The van der Waals surface area contributed by atoms with E-state index in [9.17, 15) is 18.0 Å². The number of halogens is 3. The van der Waals surface area contributed by atoms with Crippen LogP contribution in [-0.2, 0) is 11.0 Å². The van der Waals surface area contributed by atoms with Gasteiger partial charge < -0.3 is 9.84 Å². The van der Waals surface area contributed by atoms with Crippen molar-refractivity contribution in [2.75, 3.05) is 5.32 Å². The van der Waals surface area contributed by atoms with Crippen molar-refractivity contribution in [3.8, 4) is 11.4 Å². The topological polar surface area (TPSA) is 68.0 Å². The maximum atomic E-state index is 12.5. The number of amides is 1. The van der Waals surface area contributed by atoms with E-state index in [0.717, 1.165) is 5.56 Å². The van der Waals surface area contributed by atoms with Crippen LogP contribution in [-0.4, -0.2) is 16.0 Å². The summed E-state index contributed by atoms with van der Waals surface area (Å²) in [6, 6.07) is 4.75. The van der Waals surface area contributed by atoms with Crippen molar-refractivity contribution in [1.82, 2.24) is 10.1 Å². The van der Waals surface area contributed by atoms with Crippen molar-refractivity contribution in [3.63, 3.8) is 0 Å². The number of rotatable bonds is 4. The molecular weight excluding hydrogens is 299 g/mol. The Morgan fingerprint density at radius 2 is 2.09 bits per heavy atom. The summed E-state index contributed by atoms with van der Waals surface area (Å²) >= 11 is 0. The Balaban J connectivity index is 2.29. The van der Waals surface area contributed by atoms with E-state index in [1.54, 1.807) is 19.1 Å². The van der Waals surface area contributed by atoms with Gasteiger partial charge in [-0.15, -0.1) is 0 Å². The predicted octanol–water partition coefficient (Wildman–Crippen LogP) is 3.80. The highest BCUT2D eigenvalue weighted by molar-refractivity contribution is 5.92. The number of carbonyl (C=O) groups excluding carboxylic acids is 1. The third-order valence-corrected chi connectivity index (χ3v) is 2.92. The van der Waals surface area contributed by atoms with Crippen molar-refractivity contribution in [1.29, 1.82) is 0 Å². The monoisotopic (exact) mass is 313 g/mol. The SMILES string of the molecule is CCCC(=O)Nc1cc(-c2noc(C(F)(F)F)n2)ccc1C. The summed E-state index contributed by atoms with van der Waals surface area (Å²) in [6.45, 7) is 3.66. The molecule has 0 atom stereocenters. The highest BCUT2D eigenvalue weighted by Gasteiger charge is 2.38. The van der Waals surface area contributed by atoms with Crippen LogP contribution in [0, 0.1) is 6.92 Å². The number of nitrogens with one attached hydrogen (secondary N) is 1. The number of alkyl halides is 3. The molecule has 0 aliphatic heterocycles. The van der Waals surface area contributed by atoms with E-state index in [4.69, 9.17) is 0 Å². The molecule has 5 nitrogen and oxygen atoms in total. The van der Waals surface area contributed by atoms with Gasteiger partial charge in [-0.05, 0) is 25.0 Å². The minimum Gasteiger partial charge on any atom is -0.329 e. The summed E-state index contributed by atoms with van der Waals surface area (Å²) in [5, 5.41) is 6.03. The summed E-state index contributed by atoms with van der Waals surface area (Å²) in [5.74, 6) is -1.75. The van der Waals surface area contributed by atoms with Crippen LogP contribution < -0.4 is 5.32 Å². The highest BCUT2D eigenvalue weighted by Crippen LogP contribution is 2.30. The first kappa shape index (κ1) is 16.0. The maximum Gasteiger partial charge on any atom is 0.471 e. The summed E-state index contributed by atoms with van der Waals surface area (Å²) in [6.07, 6.45) is -3.62. The van der Waals surface area contributed by atoms with E-state index < -0.39 is 12.1 Å². The minimum absolute atomic E-state index is 0.160. The molecule has 0 unspecified atom stereocenters. The number of aromatic nitrogens is 2. The van der Waals surface area contributed by atoms with Gasteiger partial charge in [0.05, 0.1) is 0 Å². The summed E-state index contributed by atoms with van der Waals surface area (Å²) in [5.41, 5.74) is 1.62. The lowest BCUT2D eigenvalue weighted by Gasteiger charge is -2.09. The van der Waals surface area contributed by atoms with E-state index in [1.165, 1.54) is 6.07 Å². The second kappa shape index (κ2) is 6.17. The van der Waals surface area contributed by atoms with Crippen molar-refractivity contribution in [2.24, 2.45) is 0 Å². The van der Waals surface area contributed by atoms with Crippen LogP contribution in [0.15, 0.2) is 22.7 Å². The van der Waals surface area contributed by atoms with Crippen molar-refractivity contribution >= 4 is 11.6 Å². The van der Waals surface area contributed by atoms with Crippen molar-refractivity contribution in [2.45, 2.75) is 32.9 Å². The average Bonchev–Trinajstić information content (AvgIpc) is 2.91. The number of benzene rings is 1. The number of aryl methyl sites for hydroxylation is 1. The van der Waals surface area contributed by atoms with Crippen LogP contribution in [0.4, 0.5) is 18.9 Å². The standard InChI is InChI=1S/C14H14F3N3O2/c1-3-4-11(21)18-10-7-9(6-5-8(10)2)12-19-13(22-20-12)14(15,16)17/h5-7H,3-4H2,1-2H3,(H,18,21). The number of carbonyl (C=O) groups is 1. The first-order valence-electron chi connectivity index (χ1n) is 6.63. The van der Waals surface area contributed by atoms with Gasteiger partial charge in [0.1, 0.15) is 0 Å². The Labute approximate surface area is 124 Å². The lowest BCUT2D eigenvalue weighted by atomic mass is 10.1. The number of anilines is 1. The molecule has 118 valence electrons. The fourth-order valence-corrected chi connectivity index (χ4v) is 1.79. The van der Waals surface area contributed by atoms with Gasteiger partial charge in [-0.3, -0.25) is 4.79 Å².